The summed E-state index contributed by atoms with van der Waals surface area (Å²) in [5, 5.41) is 15.9. The molecule has 3 aromatic heterocycles. The third-order valence-corrected chi connectivity index (χ3v) is 14.9. The maximum atomic E-state index is 13.9. The first-order valence-electron chi connectivity index (χ1n) is 21.4. The van der Waals surface area contributed by atoms with Gasteiger partial charge < -0.3 is 19.9 Å². The van der Waals surface area contributed by atoms with Crippen molar-refractivity contribution in [3.05, 3.63) is 106 Å². The zero-order chi connectivity index (χ0) is 41.0. The monoisotopic (exact) mass is 830 g/mol. The lowest BCUT2D eigenvalue weighted by atomic mass is 9.60. The molecule has 312 valence electrons. The molecule has 0 radical (unpaired) electrons. The molecule has 3 N–H and O–H groups in total. The van der Waals surface area contributed by atoms with Gasteiger partial charge in [-0.3, -0.25) is 19.8 Å². The number of carbonyl (C=O) groups is 1. The number of nitrogens with zero attached hydrogens (tertiary/aromatic N) is 5. The molecule has 15 heteroatoms. The third kappa shape index (κ3) is 7.57. The van der Waals surface area contributed by atoms with Crippen molar-refractivity contribution < 1.29 is 22.9 Å². The van der Waals surface area contributed by atoms with Crippen molar-refractivity contribution in [1.82, 2.24) is 24.6 Å². The predicted molar refractivity (Wildman–Crippen MR) is 228 cm³/mol. The van der Waals surface area contributed by atoms with Crippen LogP contribution >= 0.6 is 0 Å². The van der Waals surface area contributed by atoms with Crippen molar-refractivity contribution in [2.75, 3.05) is 36.4 Å². The van der Waals surface area contributed by atoms with Crippen molar-refractivity contribution in [2.45, 2.75) is 93.5 Å². The van der Waals surface area contributed by atoms with E-state index in [-0.39, 0.29) is 22.5 Å². The number of fused-ring (bicyclic) bond motifs is 1. The summed E-state index contributed by atoms with van der Waals surface area (Å²) < 4.78 is 35.7. The number of sulfonamides is 1. The molecule has 14 nitrogen and oxygen atoms in total. The average molecular weight is 831 g/mol. The van der Waals surface area contributed by atoms with Gasteiger partial charge in [0.05, 0.1) is 22.9 Å². The summed E-state index contributed by atoms with van der Waals surface area (Å²) in [6.45, 7) is 3.42. The van der Waals surface area contributed by atoms with Crippen LogP contribution in [0.15, 0.2) is 84.1 Å². The first-order valence-corrected chi connectivity index (χ1v) is 22.9. The third-order valence-electron chi connectivity index (χ3n) is 13.6. The molecular formula is C45H50N8O6S. The Kier molecular flexibility index (Phi) is 9.98. The second-order valence-corrected chi connectivity index (χ2v) is 19.4. The Morgan fingerprint density at radius 3 is 2.52 bits per heavy atom. The number of aromatic amines is 1. The number of benzene rings is 2. The van der Waals surface area contributed by atoms with Gasteiger partial charge in [-0.05, 0) is 105 Å². The Balaban J connectivity index is 0.850. The van der Waals surface area contributed by atoms with E-state index in [4.69, 9.17) is 4.74 Å². The van der Waals surface area contributed by atoms with E-state index in [0.29, 0.717) is 35.9 Å². The summed E-state index contributed by atoms with van der Waals surface area (Å²) in [5.74, 6) is 0.682. The highest BCUT2D eigenvalue weighted by Gasteiger charge is 2.55. The van der Waals surface area contributed by atoms with E-state index in [2.05, 4.69) is 59.1 Å². The molecule has 2 aromatic carbocycles. The first kappa shape index (κ1) is 38.6. The van der Waals surface area contributed by atoms with Crippen LogP contribution in [0, 0.1) is 21.4 Å². The number of hydrogen-bond acceptors (Lipinski definition) is 11. The van der Waals surface area contributed by atoms with Crippen molar-refractivity contribution in [3.63, 3.8) is 0 Å². The SMILES string of the molecule is O=C(NS(=O)(=O)c1cnc(NCC2CCCCC2)c([N+](=O)[O-])c1)c1ccc(N2CC3(CC(N4CCC[C@H]4c4ccccc4C4CC4)C3)C2)cc1Oc1cnc2[nH]ccc2c1. The second-order valence-electron chi connectivity index (χ2n) is 17.7. The zero-order valence-corrected chi connectivity index (χ0v) is 34.3. The summed E-state index contributed by atoms with van der Waals surface area (Å²) in [5.41, 5.74) is 4.37. The number of hydrogen-bond donors (Lipinski definition) is 3. The molecule has 3 saturated carbocycles. The lowest BCUT2D eigenvalue weighted by Gasteiger charge is -2.62. The minimum absolute atomic E-state index is 0.00444. The van der Waals surface area contributed by atoms with E-state index in [9.17, 15) is 23.3 Å². The second kappa shape index (κ2) is 15.5. The number of aromatic nitrogens is 3. The van der Waals surface area contributed by atoms with Gasteiger partial charge in [-0.25, -0.2) is 23.1 Å². The standard InChI is InChI=1S/C45H50N8O6S/c54-44(50-60(57,58)35-21-40(53(55)56)43(49-26-35)47-24-29-7-2-1-3-8-29)38-15-14-32(20-41(38)59-34-19-31-16-17-46-42(31)48-25-34)51-27-45(28-51)22-33(23-45)52-18-6-11-39(52)37-10-5-4-9-36(37)30-12-13-30/h4-5,9-10,14-17,19-21,25-26,29-30,33,39H,1-3,6-8,11-13,18,22-24,27-28H2,(H,46,48)(H,47,49)(H,50,54)/t39-/m0/s1. The van der Waals surface area contributed by atoms with Gasteiger partial charge in [0, 0.05) is 66.5 Å². The number of nitrogens with one attached hydrogen (secondary N) is 3. The number of carbonyl (C=O) groups excluding carboxylic acids is 1. The molecule has 5 fully saturated rings. The molecule has 1 amide bonds. The molecule has 1 spiro atoms. The van der Waals surface area contributed by atoms with Crippen LogP contribution in [-0.2, 0) is 10.0 Å². The fourth-order valence-electron chi connectivity index (χ4n) is 10.3. The van der Waals surface area contributed by atoms with Gasteiger partial charge >= 0.3 is 5.69 Å². The molecule has 5 aromatic rings. The largest absolute Gasteiger partial charge is 0.455 e. The molecule has 2 aliphatic heterocycles. The normalized spacial score (nSPS) is 20.8. The number of pyridine rings is 2. The molecule has 0 unspecified atom stereocenters. The number of likely N-dealkylation sites (tertiary alicyclic amines) is 1. The maximum Gasteiger partial charge on any atom is 0.312 e. The van der Waals surface area contributed by atoms with Crippen molar-refractivity contribution in [2.24, 2.45) is 11.3 Å². The van der Waals surface area contributed by atoms with E-state index >= 15 is 0 Å². The average Bonchev–Trinajstić information content (AvgIpc) is 3.77. The summed E-state index contributed by atoms with van der Waals surface area (Å²) in [7, 11) is -4.58. The van der Waals surface area contributed by atoms with Gasteiger partial charge in [-0.15, -0.1) is 0 Å². The molecular weight excluding hydrogens is 781 g/mol. The van der Waals surface area contributed by atoms with E-state index in [1.807, 2.05) is 12.1 Å². The van der Waals surface area contributed by atoms with Crippen LogP contribution in [0.5, 0.6) is 11.5 Å². The molecule has 1 atom stereocenters. The molecule has 60 heavy (non-hydrogen) atoms. The topological polar surface area (TPSA) is 176 Å². The Morgan fingerprint density at radius 2 is 1.73 bits per heavy atom. The van der Waals surface area contributed by atoms with Crippen LogP contribution in [-0.4, -0.2) is 71.3 Å². The maximum absolute atomic E-state index is 13.9. The molecule has 5 aliphatic rings. The van der Waals surface area contributed by atoms with E-state index in [1.54, 1.807) is 36.2 Å². The fourth-order valence-corrected chi connectivity index (χ4v) is 11.3. The summed E-state index contributed by atoms with van der Waals surface area (Å²) in [6, 6.07) is 19.9. The van der Waals surface area contributed by atoms with Crippen LogP contribution < -0.4 is 19.7 Å². The zero-order valence-electron chi connectivity index (χ0n) is 33.5. The summed E-state index contributed by atoms with van der Waals surface area (Å²) >= 11 is 0. The van der Waals surface area contributed by atoms with Crippen molar-refractivity contribution in [1.29, 1.82) is 0 Å². The first-order chi connectivity index (χ1) is 29.1. The lowest BCUT2D eigenvalue weighted by Crippen LogP contribution is -2.66. The number of ether oxygens (including phenoxy) is 1. The number of nitro groups is 1. The minimum atomic E-state index is -4.58. The van der Waals surface area contributed by atoms with Gasteiger partial charge in [0.25, 0.3) is 15.9 Å². The summed E-state index contributed by atoms with van der Waals surface area (Å²) in [4.78, 5) is 41.4. The molecule has 5 heterocycles. The van der Waals surface area contributed by atoms with Gasteiger partial charge in [0.1, 0.15) is 22.0 Å². The quantitative estimate of drug-likeness (QED) is 0.0767. The highest BCUT2D eigenvalue weighted by Crippen LogP contribution is 2.55. The van der Waals surface area contributed by atoms with Crippen molar-refractivity contribution in [3.8, 4) is 11.5 Å². The Bertz CT molecular complexity index is 2560. The number of rotatable bonds is 13. The van der Waals surface area contributed by atoms with Crippen LogP contribution in [0.2, 0.25) is 0 Å². The Labute approximate surface area is 349 Å². The van der Waals surface area contributed by atoms with Crippen LogP contribution in [0.25, 0.3) is 11.0 Å². The van der Waals surface area contributed by atoms with Gasteiger partial charge in [-0.2, -0.15) is 0 Å². The molecule has 3 aliphatic carbocycles. The molecule has 2 saturated heterocycles. The lowest BCUT2D eigenvalue weighted by molar-refractivity contribution is -0.384. The number of H-pyrrole nitrogens is 1. The highest BCUT2D eigenvalue weighted by atomic mass is 32.2. The predicted octanol–water partition coefficient (Wildman–Crippen LogP) is 8.45. The van der Waals surface area contributed by atoms with E-state index < -0.39 is 31.4 Å². The molecule has 10 rings (SSSR count). The Morgan fingerprint density at radius 1 is 0.933 bits per heavy atom. The molecule has 0 bridgehead atoms. The fraction of sp³-hybridized carbons (Fsp3) is 0.444. The van der Waals surface area contributed by atoms with Crippen LogP contribution in [0.1, 0.15) is 104 Å². The van der Waals surface area contributed by atoms with Crippen LogP contribution in [0.4, 0.5) is 17.2 Å². The smallest absolute Gasteiger partial charge is 0.312 e. The number of anilines is 2. The Hall–Kier alpha value is -5.54. The minimum Gasteiger partial charge on any atom is -0.455 e. The highest BCUT2D eigenvalue weighted by molar-refractivity contribution is 7.90. The van der Waals surface area contributed by atoms with Crippen molar-refractivity contribution >= 4 is 44.2 Å². The van der Waals surface area contributed by atoms with Gasteiger partial charge in [0.15, 0.2) is 0 Å². The van der Waals surface area contributed by atoms with Gasteiger partial charge in [0.2, 0.25) is 5.82 Å². The summed E-state index contributed by atoms with van der Waals surface area (Å²) in [6.07, 6.45) is 17.2. The van der Waals surface area contributed by atoms with E-state index in [0.717, 1.165) is 87.4 Å². The van der Waals surface area contributed by atoms with Gasteiger partial charge in [-0.1, -0.05) is 43.5 Å². The van der Waals surface area contributed by atoms with Crippen LogP contribution in [0.3, 0.4) is 0 Å². The van der Waals surface area contributed by atoms with E-state index in [1.165, 1.54) is 37.7 Å². The number of amides is 1.